The van der Waals surface area contributed by atoms with Gasteiger partial charge in [0, 0.05) is 4.47 Å². The molecule has 0 saturated carbocycles. The number of rotatable bonds is 5. The summed E-state index contributed by atoms with van der Waals surface area (Å²) in [5.74, 6) is -0.648. The monoisotopic (exact) mass is 360 g/mol. The summed E-state index contributed by atoms with van der Waals surface area (Å²) < 4.78 is 0.779. The Labute approximate surface area is 138 Å². The van der Waals surface area contributed by atoms with E-state index in [2.05, 4.69) is 26.6 Å². The van der Waals surface area contributed by atoms with Gasteiger partial charge in [0.05, 0.1) is 11.7 Å². The van der Waals surface area contributed by atoms with Crippen molar-refractivity contribution in [2.24, 2.45) is 0 Å². The molecule has 1 unspecified atom stereocenters. The lowest BCUT2D eigenvalue weighted by atomic mass is 10.1. The van der Waals surface area contributed by atoms with Crippen molar-refractivity contribution < 1.29 is 9.59 Å². The van der Waals surface area contributed by atoms with E-state index in [0.717, 1.165) is 10.0 Å². The van der Waals surface area contributed by atoms with Gasteiger partial charge in [-0.3, -0.25) is 9.59 Å². The van der Waals surface area contributed by atoms with Crippen molar-refractivity contribution >= 4 is 33.4 Å². The van der Waals surface area contributed by atoms with Gasteiger partial charge in [-0.25, -0.2) is 0 Å². The number of carbonyl (C=O) groups is 2. The first kappa shape index (κ1) is 16.2. The van der Waals surface area contributed by atoms with Crippen molar-refractivity contribution in [2.75, 3.05) is 5.32 Å². The molecule has 0 aliphatic carbocycles. The molecule has 0 aromatic heterocycles. The maximum atomic E-state index is 11.9. The Hall–Kier alpha value is -2.14. The molecule has 2 aromatic carbocycles. The van der Waals surface area contributed by atoms with Gasteiger partial charge < -0.3 is 10.6 Å². The quantitative estimate of drug-likeness (QED) is 0.799. The molecule has 4 nitrogen and oxygen atoms in total. The normalized spacial score (nSPS) is 11.5. The van der Waals surface area contributed by atoms with Crippen LogP contribution in [0.2, 0.25) is 0 Å². The van der Waals surface area contributed by atoms with Gasteiger partial charge >= 0.3 is 0 Å². The van der Waals surface area contributed by atoms with E-state index in [9.17, 15) is 9.59 Å². The van der Waals surface area contributed by atoms with Gasteiger partial charge in [-0.05, 0) is 40.5 Å². The molecule has 0 aliphatic rings. The average Bonchev–Trinajstić information content (AvgIpc) is 2.50. The van der Waals surface area contributed by atoms with Gasteiger partial charge in [0.2, 0.25) is 11.8 Å². The first-order chi connectivity index (χ1) is 10.6. The fourth-order valence-corrected chi connectivity index (χ4v) is 2.40. The zero-order valence-corrected chi connectivity index (χ0v) is 13.8. The highest BCUT2D eigenvalue weighted by Gasteiger charge is 2.14. The molecule has 2 amide bonds. The minimum absolute atomic E-state index is 0.134. The predicted octanol–water partition coefficient (Wildman–Crippen LogP) is 3.66. The summed E-state index contributed by atoms with van der Waals surface area (Å²) in [4.78, 5) is 23.8. The van der Waals surface area contributed by atoms with Crippen LogP contribution in [0.4, 0.5) is 5.69 Å². The SMILES string of the molecule is CC(NC(=O)CC(=O)Nc1ccccc1Br)c1ccccc1. The number of halogens is 1. The van der Waals surface area contributed by atoms with E-state index in [-0.39, 0.29) is 24.3 Å². The van der Waals surface area contributed by atoms with E-state index in [0.29, 0.717) is 5.69 Å². The van der Waals surface area contributed by atoms with E-state index < -0.39 is 0 Å². The van der Waals surface area contributed by atoms with E-state index in [1.807, 2.05) is 55.5 Å². The average molecular weight is 361 g/mol. The molecule has 0 fully saturated rings. The first-order valence-corrected chi connectivity index (χ1v) is 7.74. The Morgan fingerprint density at radius 3 is 2.32 bits per heavy atom. The molecule has 0 spiro atoms. The fraction of sp³-hybridized carbons (Fsp3) is 0.176. The summed E-state index contributed by atoms with van der Waals surface area (Å²) in [6.45, 7) is 1.89. The largest absolute Gasteiger partial charge is 0.349 e. The van der Waals surface area contributed by atoms with Crippen molar-refractivity contribution in [1.82, 2.24) is 5.32 Å². The minimum Gasteiger partial charge on any atom is -0.349 e. The molecule has 0 radical (unpaired) electrons. The Balaban J connectivity index is 1.87. The smallest absolute Gasteiger partial charge is 0.233 e. The number of anilines is 1. The third kappa shape index (κ3) is 4.70. The summed E-state index contributed by atoms with van der Waals surface area (Å²) in [7, 11) is 0. The molecule has 2 N–H and O–H groups in total. The zero-order chi connectivity index (χ0) is 15.9. The highest BCUT2D eigenvalue weighted by atomic mass is 79.9. The van der Waals surface area contributed by atoms with E-state index in [1.54, 1.807) is 6.07 Å². The van der Waals surface area contributed by atoms with Gasteiger partial charge in [-0.1, -0.05) is 42.5 Å². The van der Waals surface area contributed by atoms with Crippen LogP contribution in [-0.2, 0) is 9.59 Å². The third-order valence-corrected chi connectivity index (χ3v) is 3.84. The second-order valence-electron chi connectivity index (χ2n) is 4.90. The minimum atomic E-state index is -0.343. The molecule has 0 saturated heterocycles. The Bertz CT molecular complexity index is 659. The highest BCUT2D eigenvalue weighted by Crippen LogP contribution is 2.21. The second-order valence-corrected chi connectivity index (χ2v) is 5.76. The summed E-state index contributed by atoms with van der Waals surface area (Å²) in [5.41, 5.74) is 1.65. The summed E-state index contributed by atoms with van der Waals surface area (Å²) >= 11 is 3.35. The molecule has 2 aromatic rings. The van der Waals surface area contributed by atoms with E-state index in [4.69, 9.17) is 0 Å². The van der Waals surface area contributed by atoms with Gasteiger partial charge in [0.1, 0.15) is 6.42 Å². The number of hydrogen-bond donors (Lipinski definition) is 2. The number of hydrogen-bond acceptors (Lipinski definition) is 2. The molecule has 0 heterocycles. The van der Waals surface area contributed by atoms with Gasteiger partial charge in [-0.2, -0.15) is 0 Å². The molecule has 0 bridgehead atoms. The highest BCUT2D eigenvalue weighted by molar-refractivity contribution is 9.10. The molecule has 114 valence electrons. The summed E-state index contributed by atoms with van der Waals surface area (Å²) in [6, 6.07) is 16.8. The van der Waals surface area contributed by atoms with Crippen LogP contribution in [0, 0.1) is 0 Å². The number of carbonyl (C=O) groups excluding carboxylic acids is 2. The summed E-state index contributed by atoms with van der Waals surface area (Å²) in [5, 5.41) is 5.52. The first-order valence-electron chi connectivity index (χ1n) is 6.95. The van der Waals surface area contributed by atoms with Crippen molar-refractivity contribution in [3.05, 3.63) is 64.6 Å². The zero-order valence-electron chi connectivity index (χ0n) is 12.2. The number of para-hydroxylation sites is 1. The molecular weight excluding hydrogens is 344 g/mol. The van der Waals surface area contributed by atoms with Crippen LogP contribution in [0.5, 0.6) is 0 Å². The lowest BCUT2D eigenvalue weighted by Crippen LogP contribution is -2.30. The molecule has 5 heteroatoms. The van der Waals surface area contributed by atoms with Crippen molar-refractivity contribution in [1.29, 1.82) is 0 Å². The maximum absolute atomic E-state index is 11.9. The van der Waals surface area contributed by atoms with Crippen molar-refractivity contribution in [3.8, 4) is 0 Å². The van der Waals surface area contributed by atoms with Crippen molar-refractivity contribution in [2.45, 2.75) is 19.4 Å². The van der Waals surface area contributed by atoms with Crippen LogP contribution in [0.3, 0.4) is 0 Å². The second kappa shape index (κ2) is 7.75. The van der Waals surface area contributed by atoms with Crippen LogP contribution in [-0.4, -0.2) is 11.8 Å². The van der Waals surface area contributed by atoms with Crippen LogP contribution < -0.4 is 10.6 Å². The maximum Gasteiger partial charge on any atom is 0.233 e. The lowest BCUT2D eigenvalue weighted by molar-refractivity contribution is -0.127. The Morgan fingerprint density at radius 1 is 1.00 bits per heavy atom. The van der Waals surface area contributed by atoms with Gasteiger partial charge in [0.25, 0.3) is 0 Å². The third-order valence-electron chi connectivity index (χ3n) is 3.15. The summed E-state index contributed by atoms with van der Waals surface area (Å²) in [6.07, 6.45) is -0.210. The fourth-order valence-electron chi connectivity index (χ4n) is 2.02. The lowest BCUT2D eigenvalue weighted by Gasteiger charge is -2.14. The molecule has 1 atom stereocenters. The van der Waals surface area contributed by atoms with E-state index >= 15 is 0 Å². The Morgan fingerprint density at radius 2 is 1.64 bits per heavy atom. The Kier molecular flexibility index (Phi) is 5.72. The number of benzene rings is 2. The molecule has 2 rings (SSSR count). The van der Waals surface area contributed by atoms with Crippen molar-refractivity contribution in [3.63, 3.8) is 0 Å². The molecular formula is C17H17BrN2O2. The van der Waals surface area contributed by atoms with Gasteiger partial charge in [-0.15, -0.1) is 0 Å². The van der Waals surface area contributed by atoms with Crippen LogP contribution in [0.25, 0.3) is 0 Å². The number of nitrogens with one attached hydrogen (secondary N) is 2. The van der Waals surface area contributed by atoms with E-state index in [1.165, 1.54) is 0 Å². The number of amides is 2. The standard InChI is InChI=1S/C17H17BrN2O2/c1-12(13-7-3-2-4-8-13)19-16(21)11-17(22)20-15-10-6-5-9-14(15)18/h2-10,12H,11H2,1H3,(H,19,21)(H,20,22). The topological polar surface area (TPSA) is 58.2 Å². The van der Waals surface area contributed by atoms with Crippen LogP contribution >= 0.6 is 15.9 Å². The van der Waals surface area contributed by atoms with Gasteiger partial charge in [0.15, 0.2) is 0 Å². The van der Waals surface area contributed by atoms with Crippen LogP contribution in [0.1, 0.15) is 24.9 Å². The van der Waals surface area contributed by atoms with Crippen LogP contribution in [0.15, 0.2) is 59.1 Å². The predicted molar refractivity (Wildman–Crippen MR) is 90.4 cm³/mol. The molecule has 22 heavy (non-hydrogen) atoms. The molecule has 0 aliphatic heterocycles.